The van der Waals surface area contributed by atoms with E-state index in [0.717, 1.165) is 11.6 Å². The second kappa shape index (κ2) is 8.12. The van der Waals surface area contributed by atoms with Crippen LogP contribution >= 0.6 is 0 Å². The van der Waals surface area contributed by atoms with Crippen LogP contribution in [0.25, 0.3) is 0 Å². The number of hydrogen-bond donors (Lipinski definition) is 1. The summed E-state index contributed by atoms with van der Waals surface area (Å²) in [5.41, 5.74) is 1.49. The van der Waals surface area contributed by atoms with Crippen LogP contribution in [0.1, 0.15) is 29.2 Å². The molecular weight excluding hydrogens is 347 g/mol. The second-order valence-electron chi connectivity index (χ2n) is 5.69. The van der Waals surface area contributed by atoms with Crippen molar-refractivity contribution in [2.24, 2.45) is 0 Å². The quantitative estimate of drug-likeness (QED) is 0.777. The van der Waals surface area contributed by atoms with Gasteiger partial charge in [0.05, 0.1) is 18.4 Å². The molecule has 4 nitrogen and oxygen atoms in total. The van der Waals surface area contributed by atoms with Gasteiger partial charge in [0.25, 0.3) is 0 Å². The Balaban J connectivity index is 2.30. The number of nitrogens with one attached hydrogen (secondary N) is 1. The number of alkyl halides is 3. The molecule has 1 N–H and O–H groups in total. The molecule has 0 atom stereocenters. The predicted molar refractivity (Wildman–Crippen MR) is 92.4 cm³/mol. The van der Waals surface area contributed by atoms with Crippen molar-refractivity contribution in [2.45, 2.75) is 33.1 Å². The maximum atomic E-state index is 13.4. The monoisotopic (exact) mass is 367 g/mol. The van der Waals surface area contributed by atoms with Gasteiger partial charge in [-0.15, -0.1) is 0 Å². The lowest BCUT2D eigenvalue weighted by atomic mass is 10.0. The third-order valence-corrected chi connectivity index (χ3v) is 3.95. The van der Waals surface area contributed by atoms with Crippen LogP contribution in [-0.4, -0.2) is 13.2 Å². The Morgan fingerprint density at radius 1 is 1.15 bits per heavy atom. The molecule has 0 fully saturated rings. The molecular formula is C19H20F3NO3. The fourth-order valence-electron chi connectivity index (χ4n) is 2.53. The van der Waals surface area contributed by atoms with E-state index >= 15 is 0 Å². The van der Waals surface area contributed by atoms with Gasteiger partial charge < -0.3 is 9.47 Å². The number of carbonyl (C=O) groups is 1. The number of anilines is 1. The summed E-state index contributed by atoms with van der Waals surface area (Å²) in [6, 6.07) is 9.20. The van der Waals surface area contributed by atoms with E-state index in [-0.39, 0.29) is 12.4 Å². The molecule has 2 aromatic carbocycles. The minimum Gasteiger partial charge on any atom is -0.488 e. The molecule has 140 valence electrons. The van der Waals surface area contributed by atoms with E-state index < -0.39 is 17.8 Å². The molecule has 26 heavy (non-hydrogen) atoms. The minimum atomic E-state index is -4.52. The summed E-state index contributed by atoms with van der Waals surface area (Å²) in [6.07, 6.45) is -4.69. The predicted octanol–water partition coefficient (Wildman–Crippen LogP) is 5.33. The Bertz CT molecular complexity index is 788. The summed E-state index contributed by atoms with van der Waals surface area (Å²) >= 11 is 0. The largest absolute Gasteiger partial charge is 0.488 e. The van der Waals surface area contributed by atoms with Crippen LogP contribution in [0.15, 0.2) is 36.4 Å². The number of halogens is 3. The number of amides is 1. The Hall–Kier alpha value is -2.70. The summed E-state index contributed by atoms with van der Waals surface area (Å²) in [5.74, 6) is -0.236. The van der Waals surface area contributed by atoms with Crippen LogP contribution in [0.2, 0.25) is 0 Å². The highest BCUT2D eigenvalue weighted by Gasteiger charge is 2.35. The first-order chi connectivity index (χ1) is 12.3. The summed E-state index contributed by atoms with van der Waals surface area (Å²) in [5, 5.41) is 2.51. The summed E-state index contributed by atoms with van der Waals surface area (Å²) < 4.78 is 50.1. The van der Waals surface area contributed by atoms with Crippen LogP contribution < -0.4 is 10.1 Å². The average molecular weight is 367 g/mol. The number of para-hydroxylation sites is 1. The first-order valence-corrected chi connectivity index (χ1v) is 8.02. The van der Waals surface area contributed by atoms with Crippen molar-refractivity contribution in [2.75, 3.05) is 12.4 Å². The minimum absolute atomic E-state index is 0.131. The van der Waals surface area contributed by atoms with Gasteiger partial charge in [-0.25, -0.2) is 4.79 Å². The molecule has 0 bridgehead atoms. The number of methoxy groups -OCH3 is 1. The lowest BCUT2D eigenvalue weighted by Crippen LogP contribution is -2.14. The molecule has 0 aliphatic rings. The molecule has 0 radical (unpaired) electrons. The highest BCUT2D eigenvalue weighted by molar-refractivity contribution is 5.85. The van der Waals surface area contributed by atoms with Crippen LogP contribution in [0.4, 0.5) is 23.7 Å². The number of carbonyl (C=O) groups excluding carboxylic acids is 1. The Morgan fingerprint density at radius 2 is 1.85 bits per heavy atom. The fraction of sp³-hybridized carbons (Fsp3) is 0.316. The third kappa shape index (κ3) is 4.68. The fourth-order valence-corrected chi connectivity index (χ4v) is 2.53. The van der Waals surface area contributed by atoms with Gasteiger partial charge in [0, 0.05) is 5.56 Å². The molecule has 0 aliphatic carbocycles. The summed E-state index contributed by atoms with van der Waals surface area (Å²) in [6.45, 7) is 3.42. The molecule has 2 aromatic rings. The molecule has 0 spiro atoms. The maximum absolute atomic E-state index is 13.4. The number of rotatable bonds is 5. The number of aryl methyl sites for hydroxylation is 2. The van der Waals surface area contributed by atoms with Gasteiger partial charge in [0.2, 0.25) is 0 Å². The van der Waals surface area contributed by atoms with Crippen LogP contribution in [-0.2, 0) is 23.9 Å². The zero-order valence-corrected chi connectivity index (χ0v) is 14.7. The van der Waals surface area contributed by atoms with Crippen LogP contribution in [0.3, 0.4) is 0 Å². The first kappa shape index (κ1) is 19.6. The van der Waals surface area contributed by atoms with E-state index in [1.807, 2.05) is 0 Å². The van der Waals surface area contributed by atoms with E-state index in [2.05, 4.69) is 10.1 Å². The molecule has 7 heteroatoms. The van der Waals surface area contributed by atoms with Crippen molar-refractivity contribution in [1.29, 1.82) is 0 Å². The third-order valence-electron chi connectivity index (χ3n) is 3.95. The molecule has 0 heterocycles. The molecule has 2 rings (SSSR count). The van der Waals surface area contributed by atoms with Gasteiger partial charge in [0.15, 0.2) is 0 Å². The Morgan fingerprint density at radius 3 is 2.46 bits per heavy atom. The summed E-state index contributed by atoms with van der Waals surface area (Å²) in [4.78, 5) is 11.4. The van der Waals surface area contributed by atoms with E-state index in [1.54, 1.807) is 38.1 Å². The number of ether oxygens (including phenoxy) is 2. The number of benzene rings is 2. The van der Waals surface area contributed by atoms with Gasteiger partial charge in [0.1, 0.15) is 12.4 Å². The SMILES string of the molecule is CCc1cc(C(F)(F)F)c(OCc2ccccc2NC(=O)OC)cc1C. The smallest absolute Gasteiger partial charge is 0.419 e. The summed E-state index contributed by atoms with van der Waals surface area (Å²) in [7, 11) is 1.22. The molecule has 0 saturated carbocycles. The molecule has 0 aromatic heterocycles. The molecule has 0 unspecified atom stereocenters. The van der Waals surface area contributed by atoms with Crippen molar-refractivity contribution >= 4 is 11.8 Å². The zero-order chi connectivity index (χ0) is 19.3. The van der Waals surface area contributed by atoms with Crippen molar-refractivity contribution < 1.29 is 27.4 Å². The van der Waals surface area contributed by atoms with Gasteiger partial charge in [-0.3, -0.25) is 5.32 Å². The first-order valence-electron chi connectivity index (χ1n) is 8.02. The van der Waals surface area contributed by atoms with E-state index in [0.29, 0.717) is 23.2 Å². The average Bonchev–Trinajstić information content (AvgIpc) is 2.59. The molecule has 0 aliphatic heterocycles. The van der Waals surface area contributed by atoms with Crippen molar-refractivity contribution in [1.82, 2.24) is 0 Å². The number of hydrogen-bond acceptors (Lipinski definition) is 3. The second-order valence-corrected chi connectivity index (χ2v) is 5.69. The highest BCUT2D eigenvalue weighted by Crippen LogP contribution is 2.38. The molecule has 1 amide bonds. The maximum Gasteiger partial charge on any atom is 0.419 e. The Labute approximate surface area is 149 Å². The molecule has 0 saturated heterocycles. The lowest BCUT2D eigenvalue weighted by molar-refractivity contribution is -0.139. The Kier molecular flexibility index (Phi) is 6.13. The van der Waals surface area contributed by atoms with E-state index in [9.17, 15) is 18.0 Å². The normalized spacial score (nSPS) is 11.2. The van der Waals surface area contributed by atoms with Gasteiger partial charge in [-0.2, -0.15) is 13.2 Å². The van der Waals surface area contributed by atoms with Gasteiger partial charge >= 0.3 is 12.3 Å². The van der Waals surface area contributed by atoms with Crippen molar-refractivity contribution in [3.63, 3.8) is 0 Å². The topological polar surface area (TPSA) is 47.6 Å². The van der Waals surface area contributed by atoms with Gasteiger partial charge in [-0.05, 0) is 42.7 Å². The van der Waals surface area contributed by atoms with E-state index in [4.69, 9.17) is 4.74 Å². The van der Waals surface area contributed by atoms with Gasteiger partial charge in [-0.1, -0.05) is 25.1 Å². The lowest BCUT2D eigenvalue weighted by Gasteiger charge is -2.18. The standard InChI is InChI=1S/C19H20F3NO3/c1-4-13-10-15(19(20,21)22)17(9-12(13)2)26-11-14-7-5-6-8-16(14)23-18(24)25-3/h5-10H,4,11H2,1-3H3,(H,23,24). The van der Waals surface area contributed by atoms with Crippen LogP contribution in [0.5, 0.6) is 5.75 Å². The highest BCUT2D eigenvalue weighted by atomic mass is 19.4. The van der Waals surface area contributed by atoms with Crippen LogP contribution in [0, 0.1) is 6.92 Å². The van der Waals surface area contributed by atoms with Crippen molar-refractivity contribution in [3.8, 4) is 5.75 Å². The van der Waals surface area contributed by atoms with E-state index in [1.165, 1.54) is 13.2 Å². The van der Waals surface area contributed by atoms with Crippen molar-refractivity contribution in [3.05, 3.63) is 58.7 Å². The zero-order valence-electron chi connectivity index (χ0n) is 14.7.